The molecule has 0 atom stereocenters. The summed E-state index contributed by atoms with van der Waals surface area (Å²) in [7, 11) is 0. The van der Waals surface area contributed by atoms with Crippen LogP contribution < -0.4 is 0 Å². The highest BCUT2D eigenvalue weighted by Gasteiger charge is 2.25. The summed E-state index contributed by atoms with van der Waals surface area (Å²) in [5.74, 6) is 0.283. The topological polar surface area (TPSA) is 58.4 Å². The maximum absolute atomic E-state index is 11.4. The zero-order valence-corrected chi connectivity index (χ0v) is 29.2. The van der Waals surface area contributed by atoms with Gasteiger partial charge in [-0.15, -0.1) is 11.3 Å². The summed E-state index contributed by atoms with van der Waals surface area (Å²) in [5.41, 5.74) is 9.73. The van der Waals surface area contributed by atoms with Crippen LogP contribution in [0.2, 0.25) is 0 Å². The molecule has 0 aliphatic carbocycles. The summed E-state index contributed by atoms with van der Waals surface area (Å²) in [6, 6.07) is 27.4. The number of fused-ring (bicyclic) bond motifs is 2. The Balaban J connectivity index is 1.51. The zero-order chi connectivity index (χ0) is 33.0. The molecule has 0 saturated heterocycles. The Morgan fingerprint density at radius 1 is 0.696 bits per heavy atom. The van der Waals surface area contributed by atoms with Crippen molar-refractivity contribution in [3.05, 3.63) is 107 Å². The van der Waals surface area contributed by atoms with Gasteiger partial charge in [0.25, 0.3) is 0 Å². The highest BCUT2D eigenvalue weighted by Crippen LogP contribution is 2.43. The molecule has 4 nitrogen and oxygen atoms in total. The van der Waals surface area contributed by atoms with Gasteiger partial charge in [0.1, 0.15) is 10.8 Å². The minimum Gasteiger partial charge on any atom is -0.507 e. The van der Waals surface area contributed by atoms with E-state index >= 15 is 0 Å². The van der Waals surface area contributed by atoms with Gasteiger partial charge in [-0.3, -0.25) is 9.98 Å². The minimum absolute atomic E-state index is 0.0341. The fourth-order valence-corrected chi connectivity index (χ4v) is 6.85. The van der Waals surface area contributed by atoms with Gasteiger partial charge in [-0.25, -0.2) is 4.98 Å². The van der Waals surface area contributed by atoms with Crippen LogP contribution in [0.5, 0.6) is 5.75 Å². The molecule has 0 unspecified atom stereocenters. The van der Waals surface area contributed by atoms with Gasteiger partial charge < -0.3 is 5.11 Å². The molecule has 0 bridgehead atoms. The van der Waals surface area contributed by atoms with Crippen molar-refractivity contribution in [2.45, 2.75) is 78.6 Å². The van der Waals surface area contributed by atoms with Crippen molar-refractivity contribution in [2.75, 3.05) is 0 Å². The number of rotatable bonds is 4. The van der Waals surface area contributed by atoms with Crippen molar-refractivity contribution < 1.29 is 5.11 Å². The second-order valence-electron chi connectivity index (χ2n) is 15.3. The van der Waals surface area contributed by atoms with E-state index in [1.165, 1.54) is 11.1 Å². The minimum atomic E-state index is -0.212. The molecule has 1 N–H and O–H groups in total. The first kappa shape index (κ1) is 31.6. The van der Waals surface area contributed by atoms with E-state index in [0.717, 1.165) is 59.6 Å². The van der Waals surface area contributed by atoms with Crippen LogP contribution in [0.15, 0.2) is 90.1 Å². The van der Waals surface area contributed by atoms with Gasteiger partial charge in [0.15, 0.2) is 0 Å². The Bertz CT molecular complexity index is 2110. The second kappa shape index (κ2) is 11.5. The number of pyridine rings is 1. The van der Waals surface area contributed by atoms with Crippen LogP contribution in [-0.4, -0.2) is 21.3 Å². The number of hydrogen-bond acceptors (Lipinski definition) is 5. The van der Waals surface area contributed by atoms with Gasteiger partial charge in [-0.2, -0.15) is 0 Å². The van der Waals surface area contributed by atoms with Crippen LogP contribution in [0.3, 0.4) is 0 Å². The van der Waals surface area contributed by atoms with Crippen molar-refractivity contribution in [2.24, 2.45) is 4.99 Å². The van der Waals surface area contributed by atoms with Gasteiger partial charge in [0.2, 0.25) is 0 Å². The summed E-state index contributed by atoms with van der Waals surface area (Å²) in [5, 5.41) is 13.4. The Kier molecular flexibility index (Phi) is 7.88. The largest absolute Gasteiger partial charge is 0.507 e. The molecule has 0 aliphatic heterocycles. The van der Waals surface area contributed by atoms with Crippen molar-refractivity contribution in [1.82, 2.24) is 9.97 Å². The average molecular weight is 626 g/mol. The number of aromatic hydroxyl groups is 1. The van der Waals surface area contributed by atoms with Crippen molar-refractivity contribution in [3.63, 3.8) is 0 Å². The molecule has 0 saturated carbocycles. The first-order valence-corrected chi connectivity index (χ1v) is 16.7. The lowest BCUT2D eigenvalue weighted by Gasteiger charge is -2.27. The fourth-order valence-electron chi connectivity index (χ4n) is 5.79. The normalized spacial score (nSPS) is 12.9. The van der Waals surface area contributed by atoms with Gasteiger partial charge in [-0.05, 0) is 75.4 Å². The Morgan fingerprint density at radius 2 is 1.39 bits per heavy atom. The SMILES string of the molecule is CC(C)(C)c1cc(C=Nc2ccccc2-c2nc3c(-c4cccc5ncccc45)cc(C(C)(C)C)cc3s2)c(O)c(C(C)(C)C)c1. The van der Waals surface area contributed by atoms with Crippen LogP contribution in [0.1, 0.15) is 84.6 Å². The van der Waals surface area contributed by atoms with Crippen LogP contribution >= 0.6 is 11.3 Å². The number of para-hydroxylation sites is 1. The Hall–Kier alpha value is -4.35. The second-order valence-corrected chi connectivity index (χ2v) is 16.3. The van der Waals surface area contributed by atoms with Crippen molar-refractivity contribution >= 4 is 44.4 Å². The number of nitrogens with zero attached hydrogens (tertiary/aromatic N) is 3. The van der Waals surface area contributed by atoms with Gasteiger partial charge in [0.05, 0.1) is 21.4 Å². The van der Waals surface area contributed by atoms with Gasteiger partial charge >= 0.3 is 0 Å². The third kappa shape index (κ3) is 6.09. The molecular formula is C41H43N3OS. The molecule has 2 heterocycles. The summed E-state index contributed by atoms with van der Waals surface area (Å²) < 4.78 is 1.14. The molecule has 6 rings (SSSR count). The van der Waals surface area contributed by atoms with E-state index in [4.69, 9.17) is 9.98 Å². The summed E-state index contributed by atoms with van der Waals surface area (Å²) in [6.45, 7) is 19.7. The number of phenolic OH excluding ortho intramolecular Hbond substituents is 1. The molecule has 0 spiro atoms. The first-order chi connectivity index (χ1) is 21.6. The number of phenols is 1. The molecule has 4 aromatic carbocycles. The van der Waals surface area contributed by atoms with Crippen molar-refractivity contribution in [1.29, 1.82) is 0 Å². The zero-order valence-electron chi connectivity index (χ0n) is 28.4. The lowest BCUT2D eigenvalue weighted by atomic mass is 9.79. The maximum atomic E-state index is 11.4. The van der Waals surface area contributed by atoms with Gasteiger partial charge in [0, 0.05) is 40.1 Å². The van der Waals surface area contributed by atoms with E-state index in [9.17, 15) is 5.11 Å². The predicted molar refractivity (Wildman–Crippen MR) is 197 cm³/mol. The van der Waals surface area contributed by atoms with Crippen LogP contribution in [0, 0.1) is 0 Å². The van der Waals surface area contributed by atoms with Crippen LogP contribution in [0.4, 0.5) is 5.69 Å². The summed E-state index contributed by atoms with van der Waals surface area (Å²) >= 11 is 1.70. The third-order valence-corrected chi connectivity index (χ3v) is 9.62. The molecule has 6 aromatic rings. The number of aromatic nitrogens is 2. The molecule has 0 aliphatic rings. The number of aliphatic imine (C=N–C) groups is 1. The molecule has 234 valence electrons. The maximum Gasteiger partial charge on any atom is 0.128 e. The van der Waals surface area contributed by atoms with Crippen LogP contribution in [0.25, 0.3) is 42.8 Å². The Labute approximate surface area is 276 Å². The lowest BCUT2D eigenvalue weighted by molar-refractivity contribution is 0.444. The average Bonchev–Trinajstić information content (AvgIpc) is 3.43. The molecular weight excluding hydrogens is 583 g/mol. The molecule has 5 heteroatoms. The smallest absolute Gasteiger partial charge is 0.128 e. The van der Waals surface area contributed by atoms with E-state index < -0.39 is 0 Å². The highest BCUT2D eigenvalue weighted by atomic mass is 32.1. The summed E-state index contributed by atoms with van der Waals surface area (Å²) in [4.78, 5) is 14.9. The van der Waals surface area contributed by atoms with E-state index in [-0.39, 0.29) is 22.0 Å². The monoisotopic (exact) mass is 625 g/mol. The third-order valence-electron chi connectivity index (χ3n) is 8.59. The molecule has 2 aromatic heterocycles. The molecule has 46 heavy (non-hydrogen) atoms. The quantitative estimate of drug-likeness (QED) is 0.198. The number of thiazole rings is 1. The predicted octanol–water partition coefficient (Wildman–Crippen LogP) is 11.5. The van der Waals surface area contributed by atoms with E-state index in [1.807, 2.05) is 30.5 Å². The number of hydrogen-bond donors (Lipinski definition) is 1. The first-order valence-electron chi connectivity index (χ1n) is 15.9. The molecule has 0 radical (unpaired) electrons. The number of benzene rings is 4. The van der Waals surface area contributed by atoms with E-state index in [2.05, 4.69) is 122 Å². The highest BCUT2D eigenvalue weighted by molar-refractivity contribution is 7.21. The van der Waals surface area contributed by atoms with E-state index in [1.54, 1.807) is 17.6 Å². The van der Waals surface area contributed by atoms with Crippen LogP contribution in [-0.2, 0) is 16.2 Å². The van der Waals surface area contributed by atoms with Gasteiger partial charge in [-0.1, -0.05) is 98.7 Å². The fraction of sp³-hybridized carbons (Fsp3) is 0.293. The molecule has 0 fully saturated rings. The Morgan fingerprint density at radius 3 is 2.11 bits per heavy atom. The summed E-state index contributed by atoms with van der Waals surface area (Å²) in [6.07, 6.45) is 3.65. The van der Waals surface area contributed by atoms with E-state index in [0.29, 0.717) is 0 Å². The van der Waals surface area contributed by atoms with Crippen molar-refractivity contribution in [3.8, 4) is 27.4 Å². The lowest BCUT2D eigenvalue weighted by Crippen LogP contribution is -2.17. The standard InChI is InChI=1S/C41H43N3OS/c1-39(2,3)26-20-25(37(45)32(22-26)41(7,8)9)24-43-34-17-11-10-14-30(34)38-44-36-31(21-27(40(4,5)6)23-35(36)46-38)28-15-12-18-33-29(28)16-13-19-42-33/h10-24,45H,1-9H3. The molecule has 0 amide bonds.